The first kappa shape index (κ1) is 11.1. The van der Waals surface area contributed by atoms with Gasteiger partial charge in [-0.15, -0.1) is 0 Å². The Morgan fingerprint density at radius 1 is 1.38 bits per heavy atom. The third-order valence-corrected chi connectivity index (χ3v) is 3.19. The summed E-state index contributed by atoms with van der Waals surface area (Å²) in [5.41, 5.74) is 3.67. The minimum Gasteiger partial charge on any atom is -0.262 e. The molecule has 0 heterocycles. The van der Waals surface area contributed by atoms with Crippen LogP contribution in [-0.2, 0) is 6.42 Å². The molecule has 0 spiro atoms. The molecule has 1 nitrogen and oxygen atoms in total. The highest BCUT2D eigenvalue weighted by molar-refractivity contribution is 5.99. The molecule has 0 aliphatic heterocycles. The Morgan fingerprint density at radius 3 is 2.62 bits per heavy atom. The second-order valence-corrected chi connectivity index (χ2v) is 4.58. The van der Waals surface area contributed by atoms with E-state index in [2.05, 4.69) is 35.8 Å². The first-order valence-corrected chi connectivity index (χ1v) is 6.04. The fraction of sp³-hybridized carbons (Fsp3) is 0.400. The number of hydrogen-bond acceptors (Lipinski definition) is 1. The highest BCUT2D eigenvalue weighted by Crippen LogP contribution is 2.33. The molecule has 1 heteroatoms. The Morgan fingerprint density at radius 2 is 2.06 bits per heavy atom. The van der Waals surface area contributed by atoms with E-state index in [0.717, 1.165) is 11.6 Å². The maximum Gasteiger partial charge on any atom is 0.0444 e. The van der Waals surface area contributed by atoms with Crippen LogP contribution < -0.4 is 0 Å². The Hall–Kier alpha value is -1.37. The van der Waals surface area contributed by atoms with Gasteiger partial charge in [-0.25, -0.2) is 0 Å². The second-order valence-electron chi connectivity index (χ2n) is 4.58. The first-order chi connectivity index (χ1) is 7.79. The van der Waals surface area contributed by atoms with Gasteiger partial charge in [-0.05, 0) is 36.8 Å². The van der Waals surface area contributed by atoms with E-state index in [1.54, 1.807) is 6.20 Å². The second kappa shape index (κ2) is 5.11. The van der Waals surface area contributed by atoms with E-state index in [0.29, 0.717) is 0 Å². The molecule has 0 unspecified atom stereocenters. The highest BCUT2D eigenvalue weighted by atomic mass is 14.7. The van der Waals surface area contributed by atoms with E-state index in [1.807, 2.05) is 6.92 Å². The van der Waals surface area contributed by atoms with E-state index < -0.39 is 0 Å². The van der Waals surface area contributed by atoms with Crippen LogP contribution >= 0.6 is 0 Å². The van der Waals surface area contributed by atoms with Gasteiger partial charge in [0, 0.05) is 11.9 Å². The maximum atomic E-state index is 4.19. The molecule has 0 atom stereocenters. The summed E-state index contributed by atoms with van der Waals surface area (Å²) in [4.78, 5) is 4.19. The highest BCUT2D eigenvalue weighted by Gasteiger charge is 2.20. The molecule has 0 N–H and O–H groups in total. The van der Waals surface area contributed by atoms with Crippen LogP contribution in [-0.4, -0.2) is 5.71 Å². The van der Waals surface area contributed by atoms with Crippen LogP contribution in [0.15, 0.2) is 42.0 Å². The van der Waals surface area contributed by atoms with Crippen LogP contribution in [0.5, 0.6) is 0 Å². The monoisotopic (exact) mass is 213 g/mol. The normalized spacial score (nSPS) is 16.2. The van der Waals surface area contributed by atoms with Gasteiger partial charge in [0.25, 0.3) is 0 Å². The summed E-state index contributed by atoms with van der Waals surface area (Å²) in [5, 5.41) is 0. The number of nitrogens with zero attached hydrogens (tertiary/aromatic N) is 1. The van der Waals surface area contributed by atoms with Crippen molar-refractivity contribution in [2.45, 2.75) is 32.6 Å². The van der Waals surface area contributed by atoms with Crippen LogP contribution in [0.1, 0.15) is 37.3 Å². The van der Waals surface area contributed by atoms with Crippen molar-refractivity contribution in [2.75, 3.05) is 0 Å². The van der Waals surface area contributed by atoms with Gasteiger partial charge >= 0.3 is 0 Å². The maximum absolute atomic E-state index is 4.19. The summed E-state index contributed by atoms with van der Waals surface area (Å²) in [6.07, 6.45) is 7.07. The van der Waals surface area contributed by atoms with Gasteiger partial charge in [-0.3, -0.25) is 4.99 Å². The largest absolute Gasteiger partial charge is 0.262 e. The molecule has 1 saturated carbocycles. The van der Waals surface area contributed by atoms with E-state index in [4.69, 9.17) is 0 Å². The van der Waals surface area contributed by atoms with Gasteiger partial charge in [-0.1, -0.05) is 43.7 Å². The molecular weight excluding hydrogens is 194 g/mol. The molecule has 1 fully saturated rings. The Kier molecular flexibility index (Phi) is 3.55. The molecule has 0 amide bonds. The van der Waals surface area contributed by atoms with Crippen molar-refractivity contribution in [3.63, 3.8) is 0 Å². The summed E-state index contributed by atoms with van der Waals surface area (Å²) >= 11 is 0. The molecule has 1 aromatic carbocycles. The molecule has 1 aliphatic carbocycles. The number of aryl methyl sites for hydroxylation is 1. The third-order valence-electron chi connectivity index (χ3n) is 3.19. The number of aliphatic imine (C=N–C) groups is 1. The van der Waals surface area contributed by atoms with E-state index >= 15 is 0 Å². The zero-order valence-corrected chi connectivity index (χ0v) is 9.95. The molecule has 0 saturated heterocycles. The molecule has 2 rings (SSSR count). The number of rotatable bonds is 5. The first-order valence-electron chi connectivity index (χ1n) is 6.04. The summed E-state index contributed by atoms with van der Waals surface area (Å²) in [6.45, 7) is 5.63. The zero-order chi connectivity index (χ0) is 11.4. The Bertz CT molecular complexity index is 382. The van der Waals surface area contributed by atoms with Crippen molar-refractivity contribution in [3.8, 4) is 0 Å². The van der Waals surface area contributed by atoms with Crippen molar-refractivity contribution in [1.82, 2.24) is 0 Å². The summed E-state index contributed by atoms with van der Waals surface area (Å²) in [6, 6.07) is 8.76. The van der Waals surface area contributed by atoms with Crippen LogP contribution in [0.3, 0.4) is 0 Å². The van der Waals surface area contributed by atoms with Crippen LogP contribution in [0.2, 0.25) is 0 Å². The van der Waals surface area contributed by atoms with E-state index in [9.17, 15) is 0 Å². The van der Waals surface area contributed by atoms with Gasteiger partial charge in [0.05, 0.1) is 0 Å². The van der Waals surface area contributed by atoms with Crippen molar-refractivity contribution in [1.29, 1.82) is 0 Å². The molecule has 1 aliphatic rings. The minimum absolute atomic E-state index is 1.02. The van der Waals surface area contributed by atoms with E-state index in [-0.39, 0.29) is 0 Å². The van der Waals surface area contributed by atoms with Crippen LogP contribution in [0.4, 0.5) is 0 Å². The molecule has 0 radical (unpaired) electrons. The summed E-state index contributed by atoms with van der Waals surface area (Å²) in [5.74, 6) is 1.02. The van der Waals surface area contributed by atoms with E-state index in [1.165, 1.54) is 36.8 Å². The number of hydrogen-bond donors (Lipinski definition) is 0. The molecule has 0 bridgehead atoms. The summed E-state index contributed by atoms with van der Waals surface area (Å²) in [7, 11) is 0. The lowest BCUT2D eigenvalue weighted by Crippen LogP contribution is -1.94. The third kappa shape index (κ3) is 3.06. The molecule has 16 heavy (non-hydrogen) atoms. The fourth-order valence-electron chi connectivity index (χ4n) is 1.90. The molecule has 84 valence electrons. The predicted molar refractivity (Wildman–Crippen MR) is 69.9 cm³/mol. The lowest BCUT2D eigenvalue weighted by Gasteiger charge is -2.03. The Labute approximate surface area is 97.9 Å². The minimum atomic E-state index is 1.02. The number of benzene rings is 1. The topological polar surface area (TPSA) is 12.4 Å². The molecule has 1 aromatic rings. The molecule has 0 aromatic heterocycles. The van der Waals surface area contributed by atoms with Gasteiger partial charge in [0.15, 0.2) is 0 Å². The van der Waals surface area contributed by atoms with Gasteiger partial charge in [0.2, 0.25) is 0 Å². The summed E-state index contributed by atoms with van der Waals surface area (Å²) < 4.78 is 0. The van der Waals surface area contributed by atoms with Gasteiger partial charge in [-0.2, -0.15) is 0 Å². The average molecular weight is 213 g/mol. The smallest absolute Gasteiger partial charge is 0.0444 e. The lowest BCUT2D eigenvalue weighted by atomic mass is 10.0. The fourth-order valence-corrected chi connectivity index (χ4v) is 1.90. The van der Waals surface area contributed by atoms with Gasteiger partial charge < -0.3 is 0 Å². The SMILES string of the molecule is C=C/N=C(\C)c1ccc(CCC2CC2)cc1. The molecular formula is C15H19N. The quantitative estimate of drug-likeness (QED) is 0.656. The Balaban J connectivity index is 1.97. The van der Waals surface area contributed by atoms with Gasteiger partial charge in [0.1, 0.15) is 0 Å². The average Bonchev–Trinajstić information content (AvgIpc) is 3.11. The van der Waals surface area contributed by atoms with Crippen LogP contribution in [0, 0.1) is 5.92 Å². The van der Waals surface area contributed by atoms with Crippen molar-refractivity contribution >= 4 is 5.71 Å². The predicted octanol–water partition coefficient (Wildman–Crippen LogP) is 3.98. The van der Waals surface area contributed by atoms with Crippen molar-refractivity contribution in [3.05, 3.63) is 48.2 Å². The van der Waals surface area contributed by atoms with Crippen molar-refractivity contribution < 1.29 is 0 Å². The van der Waals surface area contributed by atoms with Crippen LogP contribution in [0.25, 0.3) is 0 Å². The van der Waals surface area contributed by atoms with Crippen molar-refractivity contribution in [2.24, 2.45) is 10.9 Å². The standard InChI is InChI=1S/C15H19N/c1-3-16-12(2)15-10-8-14(9-11-15)7-6-13-4-5-13/h3,8-11,13H,1,4-7H2,2H3/b16-12+. The zero-order valence-electron chi connectivity index (χ0n) is 9.95. The lowest BCUT2D eigenvalue weighted by molar-refractivity contribution is 0.727.